The van der Waals surface area contributed by atoms with Gasteiger partial charge in [0, 0.05) is 22.6 Å². The predicted molar refractivity (Wildman–Crippen MR) is 154 cm³/mol. The van der Waals surface area contributed by atoms with E-state index >= 15 is 0 Å². The first-order valence-electron chi connectivity index (χ1n) is 12.9. The van der Waals surface area contributed by atoms with Gasteiger partial charge in [0.25, 0.3) is 0 Å². The van der Waals surface area contributed by atoms with E-state index in [2.05, 4.69) is 29.4 Å². The number of hydrogen-bond donors (Lipinski definition) is 2. The molecule has 1 aliphatic carbocycles. The number of esters is 1. The zero-order valence-corrected chi connectivity index (χ0v) is 23.6. The number of hydrogen-bond acceptors (Lipinski definition) is 9. The molecule has 0 bridgehead atoms. The summed E-state index contributed by atoms with van der Waals surface area (Å²) in [5.74, 6) is -0.284. The fourth-order valence-electron chi connectivity index (χ4n) is 4.60. The molecule has 1 amide bonds. The fraction of sp³-hybridized carbons (Fsp3) is 0.345. The normalized spacial score (nSPS) is 12.2. The number of thioether (sulfide) groups is 1. The number of benzene rings is 1. The van der Waals surface area contributed by atoms with E-state index in [9.17, 15) is 20.1 Å². The molecule has 3 aromatic rings. The van der Waals surface area contributed by atoms with Gasteiger partial charge in [0.2, 0.25) is 5.91 Å². The summed E-state index contributed by atoms with van der Waals surface area (Å²) >= 11 is 2.68. The van der Waals surface area contributed by atoms with Gasteiger partial charge in [-0.15, -0.1) is 23.1 Å². The fourth-order valence-corrected chi connectivity index (χ4v) is 6.83. The first-order chi connectivity index (χ1) is 18.9. The molecular weight excluding hydrogens is 530 g/mol. The molecule has 1 aromatic carbocycles. The van der Waals surface area contributed by atoms with Gasteiger partial charge in [-0.2, -0.15) is 10.5 Å². The number of nitrogens with one attached hydrogen (secondary N) is 1. The van der Waals surface area contributed by atoms with Crippen LogP contribution >= 0.6 is 23.1 Å². The zero-order valence-electron chi connectivity index (χ0n) is 21.9. The van der Waals surface area contributed by atoms with Crippen LogP contribution < -0.4 is 11.1 Å². The monoisotopic (exact) mass is 559 g/mol. The maximum absolute atomic E-state index is 12.9. The maximum atomic E-state index is 12.9. The van der Waals surface area contributed by atoms with Crippen LogP contribution in [0.1, 0.15) is 70.6 Å². The Morgan fingerprint density at radius 2 is 1.85 bits per heavy atom. The van der Waals surface area contributed by atoms with Gasteiger partial charge in [-0.1, -0.05) is 31.2 Å². The van der Waals surface area contributed by atoms with Crippen molar-refractivity contribution >= 4 is 45.8 Å². The van der Waals surface area contributed by atoms with Crippen LogP contribution in [0.15, 0.2) is 29.3 Å². The van der Waals surface area contributed by atoms with E-state index in [4.69, 9.17) is 10.5 Å². The van der Waals surface area contributed by atoms with Gasteiger partial charge in [-0.3, -0.25) is 4.79 Å². The van der Waals surface area contributed by atoms with E-state index in [1.165, 1.54) is 23.1 Å². The van der Waals surface area contributed by atoms with Crippen molar-refractivity contribution in [2.75, 3.05) is 23.4 Å². The molecule has 39 heavy (non-hydrogen) atoms. The number of nitrogen functional groups attached to an aromatic ring is 1. The molecule has 0 unspecified atom stereocenters. The number of amides is 1. The topological polar surface area (TPSA) is 142 Å². The minimum absolute atomic E-state index is 0.0428. The van der Waals surface area contributed by atoms with Gasteiger partial charge < -0.3 is 15.8 Å². The van der Waals surface area contributed by atoms with E-state index in [-0.39, 0.29) is 35.9 Å². The minimum Gasteiger partial charge on any atom is -0.462 e. The molecule has 0 spiro atoms. The SMILES string of the molecule is CCOC(=O)c1c(NC(=O)CCSc2nc(N)c(C#N)c(-c3ccc(CC)cc3)c2C#N)sc2c1CCCC2. The molecule has 10 heteroatoms. The molecule has 1 aliphatic rings. The van der Waals surface area contributed by atoms with Gasteiger partial charge >= 0.3 is 5.97 Å². The zero-order chi connectivity index (χ0) is 27.9. The van der Waals surface area contributed by atoms with Crippen molar-refractivity contribution in [2.24, 2.45) is 0 Å². The summed E-state index contributed by atoms with van der Waals surface area (Å²) in [6, 6.07) is 11.9. The van der Waals surface area contributed by atoms with Crippen LogP contribution in [0.25, 0.3) is 11.1 Å². The Balaban J connectivity index is 1.52. The summed E-state index contributed by atoms with van der Waals surface area (Å²) in [5, 5.41) is 23.6. The number of nitrogens with zero attached hydrogens (tertiary/aromatic N) is 3. The molecule has 4 rings (SSSR count). The average Bonchev–Trinajstić information content (AvgIpc) is 3.30. The number of nitriles is 2. The Hall–Kier alpha value is -3.86. The van der Waals surface area contributed by atoms with E-state index in [0.717, 1.165) is 48.1 Å². The number of thiophene rings is 1. The lowest BCUT2D eigenvalue weighted by Gasteiger charge is -2.13. The molecule has 2 heterocycles. The lowest BCUT2D eigenvalue weighted by Crippen LogP contribution is -2.16. The maximum Gasteiger partial charge on any atom is 0.341 e. The third-order valence-corrected chi connectivity index (χ3v) is 8.72. The van der Waals surface area contributed by atoms with E-state index in [1.54, 1.807) is 6.92 Å². The summed E-state index contributed by atoms with van der Waals surface area (Å²) in [4.78, 5) is 31.0. The molecule has 0 fully saturated rings. The number of carbonyl (C=O) groups excluding carboxylic acids is 2. The van der Waals surface area contributed by atoms with Crippen molar-refractivity contribution in [1.29, 1.82) is 10.5 Å². The second-order valence-electron chi connectivity index (χ2n) is 8.98. The molecular formula is C29H29N5O3S2. The molecule has 2 aromatic heterocycles. The van der Waals surface area contributed by atoms with Crippen LogP contribution in [-0.2, 0) is 28.8 Å². The predicted octanol–water partition coefficient (Wildman–Crippen LogP) is 5.87. The van der Waals surface area contributed by atoms with Gasteiger partial charge in [-0.05, 0) is 55.7 Å². The van der Waals surface area contributed by atoms with Crippen molar-refractivity contribution < 1.29 is 14.3 Å². The molecule has 8 nitrogen and oxygen atoms in total. The quantitative estimate of drug-likeness (QED) is 0.245. The third kappa shape index (κ3) is 6.08. The first kappa shape index (κ1) is 28.2. The molecule has 200 valence electrons. The number of ether oxygens (including phenoxy) is 1. The lowest BCUT2D eigenvalue weighted by atomic mass is 9.95. The highest BCUT2D eigenvalue weighted by molar-refractivity contribution is 7.99. The number of fused-ring (bicyclic) bond motifs is 1. The highest BCUT2D eigenvalue weighted by Gasteiger charge is 2.27. The number of nitrogens with two attached hydrogens (primary N) is 1. The second kappa shape index (κ2) is 12.8. The first-order valence-corrected chi connectivity index (χ1v) is 14.7. The minimum atomic E-state index is -0.406. The number of carbonyl (C=O) groups is 2. The summed E-state index contributed by atoms with van der Waals surface area (Å²) in [6.45, 7) is 4.08. The van der Waals surface area contributed by atoms with E-state index < -0.39 is 5.97 Å². The Morgan fingerprint density at radius 3 is 2.51 bits per heavy atom. The van der Waals surface area contributed by atoms with Crippen molar-refractivity contribution in [3.63, 3.8) is 0 Å². The molecule has 0 aliphatic heterocycles. The van der Waals surface area contributed by atoms with Gasteiger partial charge in [-0.25, -0.2) is 9.78 Å². The van der Waals surface area contributed by atoms with Crippen LogP contribution in [0.4, 0.5) is 10.8 Å². The third-order valence-electron chi connectivity index (χ3n) is 6.54. The van der Waals surface area contributed by atoms with Crippen molar-refractivity contribution in [3.8, 4) is 23.3 Å². The standard InChI is InChI=1S/C29H29N5O3S2/c1-3-17-9-11-18(12-10-17)24-20(15-30)26(32)34-27(21(24)16-31)38-14-13-23(35)33-28-25(29(36)37-4-2)19-7-5-6-8-22(19)39-28/h9-12H,3-8,13-14H2,1-2H3,(H2,32,34)(H,33,35). The molecule has 0 atom stereocenters. The molecule has 0 saturated carbocycles. The van der Waals surface area contributed by atoms with E-state index in [1.807, 2.05) is 24.3 Å². The number of anilines is 2. The number of aryl methyl sites for hydroxylation is 2. The van der Waals surface area contributed by atoms with Crippen LogP contribution in [-0.4, -0.2) is 29.2 Å². The van der Waals surface area contributed by atoms with Crippen molar-refractivity contribution in [3.05, 3.63) is 57.0 Å². The van der Waals surface area contributed by atoms with Crippen LogP contribution in [0, 0.1) is 22.7 Å². The summed E-state index contributed by atoms with van der Waals surface area (Å²) in [6.07, 6.45) is 4.76. The van der Waals surface area contributed by atoms with Gasteiger partial charge in [0.05, 0.1) is 17.7 Å². The summed E-state index contributed by atoms with van der Waals surface area (Å²) < 4.78 is 5.27. The van der Waals surface area contributed by atoms with Crippen LogP contribution in [0.5, 0.6) is 0 Å². The van der Waals surface area contributed by atoms with Gasteiger partial charge in [0.1, 0.15) is 33.5 Å². The molecule has 3 N–H and O–H groups in total. The lowest BCUT2D eigenvalue weighted by molar-refractivity contribution is -0.115. The largest absolute Gasteiger partial charge is 0.462 e. The number of rotatable bonds is 9. The van der Waals surface area contributed by atoms with Crippen LogP contribution in [0.2, 0.25) is 0 Å². The Morgan fingerprint density at radius 1 is 1.13 bits per heavy atom. The van der Waals surface area contributed by atoms with E-state index in [0.29, 0.717) is 32.5 Å². The number of pyridine rings is 1. The Labute approximate surface area is 236 Å². The van der Waals surface area contributed by atoms with Gasteiger partial charge in [0.15, 0.2) is 0 Å². The smallest absolute Gasteiger partial charge is 0.341 e. The van der Waals surface area contributed by atoms with Crippen molar-refractivity contribution in [1.82, 2.24) is 4.98 Å². The Bertz CT molecular complexity index is 1480. The summed E-state index contributed by atoms with van der Waals surface area (Å²) in [7, 11) is 0. The molecule has 0 radical (unpaired) electrons. The highest BCUT2D eigenvalue weighted by atomic mass is 32.2. The highest BCUT2D eigenvalue weighted by Crippen LogP contribution is 2.39. The number of aromatic nitrogens is 1. The molecule has 0 saturated heterocycles. The average molecular weight is 560 g/mol. The Kier molecular flexibility index (Phi) is 9.23. The summed E-state index contributed by atoms with van der Waals surface area (Å²) in [5.41, 5.74) is 10.3. The van der Waals surface area contributed by atoms with Crippen molar-refractivity contribution in [2.45, 2.75) is 57.4 Å². The van der Waals surface area contributed by atoms with Crippen LogP contribution in [0.3, 0.4) is 0 Å². The second-order valence-corrected chi connectivity index (χ2v) is 11.2.